The summed E-state index contributed by atoms with van der Waals surface area (Å²) in [6.45, 7) is 1.12. The number of hydrogen-bond donors (Lipinski definition) is 2. The molecule has 0 bridgehead atoms. The molecule has 1 saturated heterocycles. The van der Waals surface area contributed by atoms with Crippen molar-refractivity contribution >= 4 is 34.9 Å². The maximum Gasteiger partial charge on any atom is 0.319 e. The smallest absolute Gasteiger partial charge is 0.319 e. The number of fused-ring (bicyclic) bond motifs is 1. The summed E-state index contributed by atoms with van der Waals surface area (Å²) in [5.74, 6) is 1.37. The van der Waals surface area contributed by atoms with Crippen molar-refractivity contribution in [3.05, 3.63) is 47.5 Å². The van der Waals surface area contributed by atoms with Gasteiger partial charge in [0.2, 0.25) is 12.7 Å². The molecule has 2 aliphatic rings. The second-order valence-corrected chi connectivity index (χ2v) is 6.83. The van der Waals surface area contributed by atoms with Gasteiger partial charge in [-0.2, -0.15) is 0 Å². The lowest BCUT2D eigenvalue weighted by Gasteiger charge is -2.17. The topological polar surface area (TPSA) is 79.9 Å². The quantitative estimate of drug-likeness (QED) is 0.844. The van der Waals surface area contributed by atoms with Crippen LogP contribution in [-0.4, -0.2) is 31.8 Å². The molecule has 0 aliphatic carbocycles. The molecule has 4 rings (SSSR count). The van der Waals surface area contributed by atoms with E-state index in [2.05, 4.69) is 10.6 Å². The summed E-state index contributed by atoms with van der Waals surface area (Å²) in [5.41, 5.74) is 1.31. The van der Waals surface area contributed by atoms with Gasteiger partial charge in [-0.3, -0.25) is 4.79 Å². The van der Waals surface area contributed by atoms with E-state index in [1.54, 1.807) is 41.3 Å². The minimum absolute atomic E-state index is 0.0205. The highest BCUT2D eigenvalue weighted by molar-refractivity contribution is 6.33. The van der Waals surface area contributed by atoms with Crippen molar-refractivity contribution in [1.29, 1.82) is 0 Å². The molecule has 0 radical (unpaired) electrons. The normalized spacial score (nSPS) is 17.9. The van der Waals surface area contributed by atoms with Crippen LogP contribution in [-0.2, 0) is 4.79 Å². The van der Waals surface area contributed by atoms with E-state index in [0.29, 0.717) is 41.7 Å². The van der Waals surface area contributed by atoms with Gasteiger partial charge in [0, 0.05) is 37.2 Å². The Morgan fingerprint density at radius 2 is 2.00 bits per heavy atom. The molecular weight excluding hydrogens is 370 g/mol. The number of urea groups is 1. The number of halogens is 1. The SMILES string of the molecule is O=C(NC[C@H]1CC(=O)N(c2ccc3c(c2)OCO3)C1)Nc1ccccc1Cl. The monoisotopic (exact) mass is 387 g/mol. The molecule has 2 N–H and O–H groups in total. The fraction of sp³-hybridized carbons (Fsp3) is 0.263. The molecule has 27 heavy (non-hydrogen) atoms. The van der Waals surface area contributed by atoms with E-state index in [1.807, 2.05) is 6.07 Å². The third kappa shape index (κ3) is 3.78. The average molecular weight is 388 g/mol. The molecule has 2 aromatic rings. The van der Waals surface area contributed by atoms with Crippen molar-refractivity contribution in [2.45, 2.75) is 6.42 Å². The first kappa shape index (κ1) is 17.5. The Hall–Kier alpha value is -2.93. The molecule has 0 saturated carbocycles. The molecule has 0 aromatic heterocycles. The second-order valence-electron chi connectivity index (χ2n) is 6.43. The van der Waals surface area contributed by atoms with Gasteiger partial charge in [0.15, 0.2) is 11.5 Å². The summed E-state index contributed by atoms with van der Waals surface area (Å²) in [6.07, 6.45) is 0.376. The largest absolute Gasteiger partial charge is 0.454 e. The van der Waals surface area contributed by atoms with Crippen molar-refractivity contribution in [2.75, 3.05) is 30.1 Å². The molecule has 0 unspecified atom stereocenters. The predicted octanol–water partition coefficient (Wildman–Crippen LogP) is 3.24. The molecule has 8 heteroatoms. The first-order valence-electron chi connectivity index (χ1n) is 8.59. The molecule has 3 amide bonds. The third-order valence-corrected chi connectivity index (χ3v) is 4.88. The van der Waals surface area contributed by atoms with Crippen molar-refractivity contribution < 1.29 is 19.1 Å². The number of amides is 3. The summed E-state index contributed by atoms with van der Waals surface area (Å²) in [5, 5.41) is 5.98. The molecular formula is C19H18ClN3O4. The molecule has 2 heterocycles. The third-order valence-electron chi connectivity index (χ3n) is 4.55. The summed E-state index contributed by atoms with van der Waals surface area (Å²) in [6, 6.07) is 12.1. The first-order valence-corrected chi connectivity index (χ1v) is 8.97. The van der Waals surface area contributed by atoms with E-state index in [-0.39, 0.29) is 24.6 Å². The van der Waals surface area contributed by atoms with Gasteiger partial charge in [0.1, 0.15) is 0 Å². The van der Waals surface area contributed by atoms with E-state index in [4.69, 9.17) is 21.1 Å². The highest BCUT2D eigenvalue weighted by Crippen LogP contribution is 2.37. The number of para-hydroxylation sites is 1. The van der Waals surface area contributed by atoms with Gasteiger partial charge in [-0.1, -0.05) is 23.7 Å². The summed E-state index contributed by atoms with van der Waals surface area (Å²) in [7, 11) is 0. The van der Waals surface area contributed by atoms with Crippen LogP contribution >= 0.6 is 11.6 Å². The maximum atomic E-state index is 12.4. The van der Waals surface area contributed by atoms with Gasteiger partial charge in [0.25, 0.3) is 0 Å². The first-order chi connectivity index (χ1) is 13.1. The Balaban J connectivity index is 1.33. The van der Waals surface area contributed by atoms with Crippen LogP contribution in [0.4, 0.5) is 16.2 Å². The van der Waals surface area contributed by atoms with E-state index in [9.17, 15) is 9.59 Å². The second kappa shape index (κ2) is 7.36. The van der Waals surface area contributed by atoms with E-state index < -0.39 is 0 Å². The Bertz CT molecular complexity index is 889. The summed E-state index contributed by atoms with van der Waals surface area (Å²) < 4.78 is 10.7. The summed E-state index contributed by atoms with van der Waals surface area (Å²) >= 11 is 6.03. The van der Waals surface area contributed by atoms with Crippen molar-refractivity contribution in [3.8, 4) is 11.5 Å². The Morgan fingerprint density at radius 1 is 1.19 bits per heavy atom. The minimum atomic E-state index is -0.350. The van der Waals surface area contributed by atoms with E-state index >= 15 is 0 Å². The number of carbonyl (C=O) groups excluding carboxylic acids is 2. The highest BCUT2D eigenvalue weighted by atomic mass is 35.5. The lowest BCUT2D eigenvalue weighted by Crippen LogP contribution is -2.34. The number of ether oxygens (including phenoxy) is 2. The van der Waals surface area contributed by atoms with Crippen LogP contribution in [0.5, 0.6) is 11.5 Å². The van der Waals surface area contributed by atoms with Crippen molar-refractivity contribution in [2.24, 2.45) is 5.92 Å². The van der Waals surface area contributed by atoms with Gasteiger partial charge in [-0.25, -0.2) is 4.79 Å². The van der Waals surface area contributed by atoms with Crippen LogP contribution in [0.3, 0.4) is 0 Å². The standard InChI is InChI=1S/C19H18ClN3O4/c20-14-3-1-2-4-15(14)22-19(25)21-9-12-7-18(24)23(10-12)13-5-6-16-17(8-13)27-11-26-16/h1-6,8,12H,7,9-11H2,(H2,21,22,25)/t12-/m1/s1. The fourth-order valence-electron chi connectivity index (χ4n) is 3.19. The molecule has 1 fully saturated rings. The lowest BCUT2D eigenvalue weighted by atomic mass is 10.1. The zero-order valence-corrected chi connectivity index (χ0v) is 15.2. The van der Waals surface area contributed by atoms with Crippen molar-refractivity contribution in [1.82, 2.24) is 5.32 Å². The zero-order chi connectivity index (χ0) is 18.8. The Morgan fingerprint density at radius 3 is 2.85 bits per heavy atom. The van der Waals surface area contributed by atoms with Crippen LogP contribution < -0.4 is 25.0 Å². The van der Waals surface area contributed by atoms with E-state index in [1.165, 1.54) is 0 Å². The molecule has 2 aromatic carbocycles. The number of nitrogens with zero attached hydrogens (tertiary/aromatic N) is 1. The highest BCUT2D eigenvalue weighted by Gasteiger charge is 2.31. The number of nitrogens with one attached hydrogen (secondary N) is 2. The average Bonchev–Trinajstić information content (AvgIpc) is 3.27. The van der Waals surface area contributed by atoms with Gasteiger partial charge in [-0.05, 0) is 24.3 Å². The molecule has 0 spiro atoms. The maximum absolute atomic E-state index is 12.4. The van der Waals surface area contributed by atoms with Crippen LogP contribution in [0.1, 0.15) is 6.42 Å². The van der Waals surface area contributed by atoms with Crippen LogP contribution in [0, 0.1) is 5.92 Å². The van der Waals surface area contributed by atoms with Gasteiger partial charge < -0.3 is 25.0 Å². The number of benzene rings is 2. The fourth-order valence-corrected chi connectivity index (χ4v) is 3.37. The van der Waals surface area contributed by atoms with Gasteiger partial charge >= 0.3 is 6.03 Å². The lowest BCUT2D eigenvalue weighted by molar-refractivity contribution is -0.117. The van der Waals surface area contributed by atoms with Crippen molar-refractivity contribution in [3.63, 3.8) is 0 Å². The molecule has 2 aliphatic heterocycles. The van der Waals surface area contributed by atoms with Crippen LogP contribution in [0.15, 0.2) is 42.5 Å². The van der Waals surface area contributed by atoms with Gasteiger partial charge in [-0.15, -0.1) is 0 Å². The van der Waals surface area contributed by atoms with E-state index in [0.717, 1.165) is 5.69 Å². The molecule has 140 valence electrons. The number of carbonyl (C=O) groups is 2. The Kier molecular flexibility index (Phi) is 4.77. The minimum Gasteiger partial charge on any atom is -0.454 e. The van der Waals surface area contributed by atoms with Gasteiger partial charge in [0.05, 0.1) is 10.7 Å². The van der Waals surface area contributed by atoms with Crippen LogP contribution in [0.2, 0.25) is 5.02 Å². The predicted molar refractivity (Wildman–Crippen MR) is 101 cm³/mol. The number of anilines is 2. The molecule has 1 atom stereocenters. The summed E-state index contributed by atoms with van der Waals surface area (Å²) in [4.78, 5) is 26.2. The Labute approximate surface area is 161 Å². The zero-order valence-electron chi connectivity index (χ0n) is 14.4. The number of rotatable bonds is 4. The number of hydrogen-bond acceptors (Lipinski definition) is 4. The van der Waals surface area contributed by atoms with Crippen LogP contribution in [0.25, 0.3) is 0 Å². The molecule has 7 nitrogen and oxygen atoms in total.